The van der Waals surface area contributed by atoms with E-state index in [1.165, 1.54) is 4.80 Å². The first-order valence-corrected chi connectivity index (χ1v) is 10.6. The summed E-state index contributed by atoms with van der Waals surface area (Å²) in [5, 5.41) is 11.9. The average molecular weight is 414 g/mol. The molecule has 8 heteroatoms. The molecule has 3 heterocycles. The van der Waals surface area contributed by atoms with E-state index in [0.29, 0.717) is 23.2 Å². The van der Waals surface area contributed by atoms with Gasteiger partial charge in [0.05, 0.1) is 35.7 Å². The normalized spacial score (nSPS) is 24.7. The number of aromatic nitrogens is 4. The third-order valence-corrected chi connectivity index (χ3v) is 6.65. The second-order valence-corrected chi connectivity index (χ2v) is 8.33. The van der Waals surface area contributed by atoms with Crippen molar-refractivity contribution < 1.29 is 9.21 Å². The molecule has 1 saturated heterocycles. The van der Waals surface area contributed by atoms with Crippen LogP contribution in [0.5, 0.6) is 0 Å². The minimum atomic E-state index is 0.0111. The van der Waals surface area contributed by atoms with Crippen LogP contribution < -0.4 is 5.32 Å². The molecule has 1 aliphatic carbocycles. The molecule has 0 radical (unpaired) electrons. The highest BCUT2D eigenvalue weighted by Crippen LogP contribution is 2.44. The maximum Gasteiger partial charge on any atom is 0.295 e. The van der Waals surface area contributed by atoms with Gasteiger partial charge in [0.2, 0.25) is 0 Å². The summed E-state index contributed by atoms with van der Waals surface area (Å²) in [5.41, 5.74) is 2.89. The quantitative estimate of drug-likeness (QED) is 0.550. The predicted octanol–water partition coefficient (Wildman–Crippen LogP) is 3.51. The minimum Gasteiger partial charge on any atom is -0.424 e. The zero-order chi connectivity index (χ0) is 20.9. The van der Waals surface area contributed by atoms with E-state index in [9.17, 15) is 4.79 Å². The number of nitrogens with zero attached hydrogens (tertiary/aromatic N) is 5. The van der Waals surface area contributed by atoms with Gasteiger partial charge in [0.15, 0.2) is 5.58 Å². The van der Waals surface area contributed by atoms with Crippen molar-refractivity contribution >= 4 is 23.0 Å². The number of carbonyl (C=O) groups is 1. The van der Waals surface area contributed by atoms with Crippen molar-refractivity contribution in [2.24, 2.45) is 5.92 Å². The van der Waals surface area contributed by atoms with Crippen LogP contribution in [0.4, 0.5) is 6.01 Å². The van der Waals surface area contributed by atoms with Gasteiger partial charge in [-0.2, -0.15) is 20.0 Å². The lowest BCUT2D eigenvalue weighted by Crippen LogP contribution is -2.51. The molecule has 0 unspecified atom stereocenters. The zero-order valence-corrected chi connectivity index (χ0v) is 17.0. The molecule has 4 atom stereocenters. The Morgan fingerprint density at radius 2 is 1.84 bits per heavy atom. The third kappa shape index (κ3) is 2.90. The van der Waals surface area contributed by atoms with E-state index in [1.54, 1.807) is 12.4 Å². The van der Waals surface area contributed by atoms with Crippen LogP contribution in [0.2, 0.25) is 0 Å². The fraction of sp³-hybridized carbons (Fsp3) is 0.304. The first-order valence-electron chi connectivity index (χ1n) is 10.6. The number of hydrogen-bond donors (Lipinski definition) is 1. The standard InChI is InChI=1S/C23H22N6O2/c1-14-15-12-18(27-23-26-17-7-3-5-9-21(17)31-23)20(13-15)28(14)22(30)16-6-2-4-8-19(16)29-24-10-11-25-29/h2-11,14-15,18,20H,12-13H2,1H3,(H,26,27)/t14-,15+,18-,20+/m1/s1. The van der Waals surface area contributed by atoms with Crippen LogP contribution in [0.3, 0.4) is 0 Å². The summed E-state index contributed by atoms with van der Waals surface area (Å²) in [6.07, 6.45) is 5.20. The number of nitrogens with one attached hydrogen (secondary N) is 1. The molecule has 156 valence electrons. The van der Waals surface area contributed by atoms with E-state index in [0.717, 1.165) is 23.9 Å². The fourth-order valence-electron chi connectivity index (χ4n) is 5.18. The summed E-state index contributed by atoms with van der Waals surface area (Å²) in [7, 11) is 0. The number of fused-ring (bicyclic) bond motifs is 3. The van der Waals surface area contributed by atoms with Gasteiger partial charge < -0.3 is 14.6 Å². The maximum atomic E-state index is 13.7. The van der Waals surface area contributed by atoms with Crippen molar-refractivity contribution in [3.63, 3.8) is 0 Å². The molecule has 1 saturated carbocycles. The van der Waals surface area contributed by atoms with E-state index >= 15 is 0 Å². The number of piperidine rings is 1. The van der Waals surface area contributed by atoms with Gasteiger partial charge in [0.1, 0.15) is 5.52 Å². The van der Waals surface area contributed by atoms with Crippen LogP contribution in [0.1, 0.15) is 30.1 Å². The summed E-state index contributed by atoms with van der Waals surface area (Å²) in [5.74, 6) is 0.461. The number of amides is 1. The zero-order valence-electron chi connectivity index (χ0n) is 17.0. The van der Waals surface area contributed by atoms with Crippen molar-refractivity contribution in [1.82, 2.24) is 24.9 Å². The molecule has 1 amide bonds. The van der Waals surface area contributed by atoms with Gasteiger partial charge in [-0.3, -0.25) is 4.79 Å². The Hall–Kier alpha value is -3.68. The molecular formula is C23H22N6O2. The highest BCUT2D eigenvalue weighted by Gasteiger charge is 2.52. The van der Waals surface area contributed by atoms with E-state index < -0.39 is 0 Å². The summed E-state index contributed by atoms with van der Waals surface area (Å²) < 4.78 is 5.87. The largest absolute Gasteiger partial charge is 0.424 e. The molecule has 1 aliphatic heterocycles. The molecule has 2 bridgehead atoms. The van der Waals surface area contributed by atoms with Crippen LogP contribution >= 0.6 is 0 Å². The number of anilines is 1. The molecule has 2 aromatic carbocycles. The Morgan fingerprint density at radius 1 is 1.06 bits per heavy atom. The molecule has 8 nitrogen and oxygen atoms in total. The number of likely N-dealkylation sites (tertiary alicyclic amines) is 1. The van der Waals surface area contributed by atoms with Crippen molar-refractivity contribution in [3.8, 4) is 5.69 Å². The smallest absolute Gasteiger partial charge is 0.295 e. The maximum absolute atomic E-state index is 13.7. The highest BCUT2D eigenvalue weighted by atomic mass is 16.4. The second kappa shape index (κ2) is 6.94. The Labute approximate surface area is 178 Å². The molecule has 0 spiro atoms. The topological polar surface area (TPSA) is 89.1 Å². The van der Waals surface area contributed by atoms with Crippen molar-refractivity contribution in [2.45, 2.75) is 37.9 Å². The Kier molecular flexibility index (Phi) is 4.05. The summed E-state index contributed by atoms with van der Waals surface area (Å²) in [6.45, 7) is 2.15. The van der Waals surface area contributed by atoms with E-state index in [4.69, 9.17) is 4.42 Å². The molecule has 2 fully saturated rings. The Balaban J connectivity index is 1.29. The Bertz CT molecular complexity index is 1220. The van der Waals surface area contributed by atoms with Crippen molar-refractivity contribution in [2.75, 3.05) is 5.32 Å². The SMILES string of the molecule is C[C@@H]1[C@H]2C[C@@H](Nc3nc4ccccc4o3)[C@H](C2)N1C(=O)c1ccccc1-n1nccn1. The predicted molar refractivity (Wildman–Crippen MR) is 115 cm³/mol. The van der Waals surface area contributed by atoms with Gasteiger partial charge in [-0.25, -0.2) is 0 Å². The number of benzene rings is 2. The Morgan fingerprint density at radius 3 is 2.65 bits per heavy atom. The minimum absolute atomic E-state index is 0.0111. The van der Waals surface area contributed by atoms with Crippen LogP contribution in [0.15, 0.2) is 65.3 Å². The third-order valence-electron chi connectivity index (χ3n) is 6.65. The van der Waals surface area contributed by atoms with Crippen LogP contribution in [-0.4, -0.2) is 48.9 Å². The van der Waals surface area contributed by atoms with Crippen molar-refractivity contribution in [1.29, 1.82) is 0 Å². The number of hydrogen-bond acceptors (Lipinski definition) is 6. The van der Waals surface area contributed by atoms with Crippen LogP contribution in [0.25, 0.3) is 16.8 Å². The molecular weight excluding hydrogens is 392 g/mol. The van der Waals surface area contributed by atoms with Gasteiger partial charge in [-0.1, -0.05) is 24.3 Å². The lowest BCUT2D eigenvalue weighted by atomic mass is 9.97. The van der Waals surface area contributed by atoms with E-state index in [1.807, 2.05) is 53.4 Å². The molecule has 2 aromatic heterocycles. The number of rotatable bonds is 4. The fourth-order valence-corrected chi connectivity index (χ4v) is 5.18. The highest BCUT2D eigenvalue weighted by molar-refractivity contribution is 5.98. The van der Waals surface area contributed by atoms with Crippen molar-refractivity contribution in [3.05, 3.63) is 66.5 Å². The van der Waals surface area contributed by atoms with E-state index in [2.05, 4.69) is 27.4 Å². The van der Waals surface area contributed by atoms with Gasteiger partial charge in [-0.15, -0.1) is 0 Å². The molecule has 2 aliphatic rings. The summed E-state index contributed by atoms with van der Waals surface area (Å²) >= 11 is 0. The van der Waals surface area contributed by atoms with Gasteiger partial charge in [0, 0.05) is 6.04 Å². The monoisotopic (exact) mass is 414 g/mol. The lowest BCUT2D eigenvalue weighted by molar-refractivity contribution is 0.0597. The number of oxazole rings is 1. The summed E-state index contributed by atoms with van der Waals surface area (Å²) in [4.78, 5) is 21.8. The summed E-state index contributed by atoms with van der Waals surface area (Å²) in [6, 6.07) is 16.1. The second-order valence-electron chi connectivity index (χ2n) is 8.33. The molecule has 6 rings (SSSR count). The first-order chi connectivity index (χ1) is 15.2. The molecule has 1 N–H and O–H groups in total. The number of para-hydroxylation sites is 3. The molecule has 4 aromatic rings. The van der Waals surface area contributed by atoms with Crippen LogP contribution in [-0.2, 0) is 0 Å². The van der Waals surface area contributed by atoms with Gasteiger partial charge >= 0.3 is 0 Å². The molecule has 31 heavy (non-hydrogen) atoms. The van der Waals surface area contributed by atoms with E-state index in [-0.39, 0.29) is 24.0 Å². The van der Waals surface area contributed by atoms with Gasteiger partial charge in [0.25, 0.3) is 11.9 Å². The van der Waals surface area contributed by atoms with Gasteiger partial charge in [-0.05, 0) is 49.9 Å². The average Bonchev–Trinajstić information content (AvgIpc) is 3.57. The number of carbonyl (C=O) groups excluding carboxylic acids is 1. The van der Waals surface area contributed by atoms with Crippen LogP contribution in [0, 0.1) is 5.92 Å². The first kappa shape index (κ1) is 18.1. The lowest BCUT2D eigenvalue weighted by Gasteiger charge is -2.38.